The standard InChI is InChI=1S/C8H14N4O5S2/c1-18(13,14)5-19(15,16)12-8-11-10-7(17-8)6-3-2-4-9-6/h6,9H,2-5H2,1H3,(H,11,12). The van der Waals surface area contributed by atoms with E-state index in [9.17, 15) is 16.8 Å². The third-order valence-electron chi connectivity index (χ3n) is 2.41. The molecule has 1 aliphatic heterocycles. The van der Waals surface area contributed by atoms with Crippen LogP contribution in [0.4, 0.5) is 6.01 Å². The molecule has 0 spiro atoms. The second-order valence-corrected chi connectivity index (χ2v) is 8.58. The van der Waals surface area contributed by atoms with Crippen molar-refractivity contribution < 1.29 is 21.3 Å². The largest absolute Gasteiger partial charge is 0.406 e. The number of sulfonamides is 1. The highest BCUT2D eigenvalue weighted by Gasteiger charge is 2.24. The maximum absolute atomic E-state index is 11.5. The lowest BCUT2D eigenvalue weighted by Crippen LogP contribution is -2.22. The summed E-state index contributed by atoms with van der Waals surface area (Å²) in [7, 11) is -7.72. The molecule has 0 saturated carbocycles. The molecule has 2 rings (SSSR count). The van der Waals surface area contributed by atoms with Crippen LogP contribution in [-0.4, -0.2) is 44.9 Å². The van der Waals surface area contributed by atoms with E-state index in [1.165, 1.54) is 0 Å². The van der Waals surface area contributed by atoms with Crippen LogP contribution in [0.5, 0.6) is 0 Å². The molecule has 108 valence electrons. The summed E-state index contributed by atoms with van der Waals surface area (Å²) in [5, 5.41) is 9.35. The molecule has 1 atom stereocenters. The van der Waals surface area contributed by atoms with Crippen LogP contribution < -0.4 is 10.0 Å². The zero-order valence-electron chi connectivity index (χ0n) is 10.2. The summed E-state index contributed by atoms with van der Waals surface area (Å²) in [6.45, 7) is 0.836. The molecule has 0 radical (unpaired) electrons. The van der Waals surface area contributed by atoms with E-state index in [0.29, 0.717) is 0 Å². The maximum atomic E-state index is 11.5. The van der Waals surface area contributed by atoms with E-state index in [2.05, 4.69) is 15.5 Å². The van der Waals surface area contributed by atoms with E-state index >= 15 is 0 Å². The molecule has 2 heterocycles. The Morgan fingerprint density at radius 1 is 1.37 bits per heavy atom. The van der Waals surface area contributed by atoms with Gasteiger partial charge in [-0.25, -0.2) is 21.6 Å². The summed E-state index contributed by atoms with van der Waals surface area (Å²) in [5.41, 5.74) is 0. The fourth-order valence-electron chi connectivity index (χ4n) is 1.76. The Hall–Kier alpha value is -1.20. The number of hydrogen-bond donors (Lipinski definition) is 2. The summed E-state index contributed by atoms with van der Waals surface area (Å²) >= 11 is 0. The molecule has 1 unspecified atom stereocenters. The van der Waals surface area contributed by atoms with Gasteiger partial charge in [0.2, 0.25) is 5.89 Å². The van der Waals surface area contributed by atoms with Crippen molar-refractivity contribution in [1.82, 2.24) is 15.5 Å². The van der Waals surface area contributed by atoms with Gasteiger partial charge in [0.15, 0.2) is 14.9 Å². The SMILES string of the molecule is CS(=O)(=O)CS(=O)(=O)Nc1nnc(C2CCCN2)o1. The van der Waals surface area contributed by atoms with Crippen molar-refractivity contribution in [1.29, 1.82) is 0 Å². The molecule has 11 heteroatoms. The quantitative estimate of drug-likeness (QED) is 0.725. The maximum Gasteiger partial charge on any atom is 0.329 e. The number of sulfone groups is 1. The zero-order valence-corrected chi connectivity index (χ0v) is 11.8. The second kappa shape index (κ2) is 5.06. The predicted octanol–water partition coefficient (Wildman–Crippen LogP) is -0.762. The predicted molar refractivity (Wildman–Crippen MR) is 66.5 cm³/mol. The Morgan fingerprint density at radius 2 is 2.11 bits per heavy atom. The molecule has 19 heavy (non-hydrogen) atoms. The van der Waals surface area contributed by atoms with Crippen LogP contribution in [0.15, 0.2) is 4.42 Å². The van der Waals surface area contributed by atoms with Crippen molar-refractivity contribution in [3.8, 4) is 0 Å². The summed E-state index contributed by atoms with van der Waals surface area (Å²) < 4.78 is 52.0. The van der Waals surface area contributed by atoms with Crippen LogP contribution in [0.2, 0.25) is 0 Å². The first-order valence-electron chi connectivity index (χ1n) is 5.50. The molecule has 1 saturated heterocycles. The smallest absolute Gasteiger partial charge is 0.329 e. The van der Waals surface area contributed by atoms with Crippen LogP contribution in [0.25, 0.3) is 0 Å². The number of anilines is 1. The average molecular weight is 310 g/mol. The molecule has 0 bridgehead atoms. The molecule has 1 fully saturated rings. The molecular weight excluding hydrogens is 296 g/mol. The van der Waals surface area contributed by atoms with Crippen molar-refractivity contribution in [3.63, 3.8) is 0 Å². The highest BCUT2D eigenvalue weighted by Crippen LogP contribution is 2.23. The fourth-order valence-corrected chi connectivity index (χ4v) is 4.60. The highest BCUT2D eigenvalue weighted by atomic mass is 32.3. The van der Waals surface area contributed by atoms with Gasteiger partial charge >= 0.3 is 6.01 Å². The normalized spacial score (nSPS) is 20.6. The molecule has 1 aromatic heterocycles. The van der Waals surface area contributed by atoms with Crippen LogP contribution in [-0.2, 0) is 19.9 Å². The Kier molecular flexibility index (Phi) is 3.78. The molecule has 0 amide bonds. The third kappa shape index (κ3) is 4.14. The number of rotatable bonds is 5. The minimum atomic E-state index is -4.06. The molecule has 0 aromatic carbocycles. The van der Waals surface area contributed by atoms with Crippen LogP contribution in [0.1, 0.15) is 24.8 Å². The molecule has 2 N–H and O–H groups in total. The van der Waals surface area contributed by atoms with Gasteiger partial charge in [-0.3, -0.25) is 0 Å². The minimum Gasteiger partial charge on any atom is -0.406 e. The van der Waals surface area contributed by atoms with E-state index in [0.717, 1.165) is 25.6 Å². The Labute approximate surface area is 110 Å². The van der Waals surface area contributed by atoms with Gasteiger partial charge in [0, 0.05) is 6.26 Å². The number of aromatic nitrogens is 2. The van der Waals surface area contributed by atoms with Gasteiger partial charge in [-0.15, -0.1) is 5.10 Å². The van der Waals surface area contributed by atoms with Crippen molar-refractivity contribution in [3.05, 3.63) is 5.89 Å². The second-order valence-electron chi connectivity index (χ2n) is 4.35. The Balaban J connectivity index is 2.07. The molecule has 9 nitrogen and oxygen atoms in total. The van der Waals surface area contributed by atoms with Gasteiger partial charge in [-0.2, -0.15) is 0 Å². The lowest BCUT2D eigenvalue weighted by Gasteiger charge is -2.03. The highest BCUT2D eigenvalue weighted by molar-refractivity contribution is 8.08. The van der Waals surface area contributed by atoms with Crippen LogP contribution in [0, 0.1) is 0 Å². The Bertz CT molecular complexity index is 644. The number of nitrogens with zero attached hydrogens (tertiary/aromatic N) is 2. The van der Waals surface area contributed by atoms with Crippen molar-refractivity contribution in [2.45, 2.75) is 18.9 Å². The Morgan fingerprint density at radius 3 is 2.68 bits per heavy atom. The first kappa shape index (κ1) is 14.2. The van der Waals surface area contributed by atoms with Crippen molar-refractivity contribution >= 4 is 25.9 Å². The van der Waals surface area contributed by atoms with Gasteiger partial charge in [0.1, 0.15) is 0 Å². The third-order valence-corrected chi connectivity index (χ3v) is 5.85. The van der Waals surface area contributed by atoms with Gasteiger partial charge in [0.05, 0.1) is 6.04 Å². The molecule has 0 aliphatic carbocycles. The van der Waals surface area contributed by atoms with E-state index < -0.39 is 24.9 Å². The van der Waals surface area contributed by atoms with E-state index in [4.69, 9.17) is 4.42 Å². The molecule has 1 aliphatic rings. The molecule has 1 aromatic rings. The summed E-state index contributed by atoms with van der Waals surface area (Å²) in [4.78, 5) is 0. The lowest BCUT2D eigenvalue weighted by molar-refractivity contribution is 0.439. The van der Waals surface area contributed by atoms with Gasteiger partial charge in [-0.05, 0) is 19.4 Å². The zero-order chi connectivity index (χ0) is 14.1. The number of nitrogens with one attached hydrogen (secondary N) is 2. The van der Waals surface area contributed by atoms with E-state index in [1.807, 2.05) is 4.72 Å². The average Bonchev–Trinajstić information content (AvgIpc) is 2.80. The lowest BCUT2D eigenvalue weighted by atomic mass is 10.2. The summed E-state index contributed by atoms with van der Waals surface area (Å²) in [6.07, 6.45) is 2.63. The minimum absolute atomic E-state index is 0.0827. The van der Waals surface area contributed by atoms with E-state index in [-0.39, 0.29) is 17.9 Å². The van der Waals surface area contributed by atoms with Crippen LogP contribution in [0.3, 0.4) is 0 Å². The van der Waals surface area contributed by atoms with Crippen LogP contribution >= 0.6 is 0 Å². The van der Waals surface area contributed by atoms with Crippen molar-refractivity contribution in [2.75, 3.05) is 22.6 Å². The fraction of sp³-hybridized carbons (Fsp3) is 0.750. The summed E-state index contributed by atoms with van der Waals surface area (Å²) in [6, 6.07) is -0.409. The monoisotopic (exact) mass is 310 g/mol. The first-order chi connectivity index (χ1) is 8.75. The van der Waals surface area contributed by atoms with Gasteiger partial charge < -0.3 is 9.73 Å². The summed E-state index contributed by atoms with van der Waals surface area (Å²) in [5.74, 6) is 0.287. The van der Waals surface area contributed by atoms with E-state index in [1.54, 1.807) is 0 Å². The molecular formula is C8H14N4O5S2. The number of hydrogen-bond acceptors (Lipinski definition) is 8. The van der Waals surface area contributed by atoms with Gasteiger partial charge in [0.25, 0.3) is 10.0 Å². The first-order valence-corrected chi connectivity index (χ1v) is 9.21. The van der Waals surface area contributed by atoms with Crippen molar-refractivity contribution in [2.24, 2.45) is 0 Å². The topological polar surface area (TPSA) is 131 Å². The van der Waals surface area contributed by atoms with Gasteiger partial charge in [-0.1, -0.05) is 5.10 Å².